The molecule has 21 heavy (non-hydrogen) atoms. The number of carbonyl (C=O) groups is 1. The van der Waals surface area contributed by atoms with Gasteiger partial charge in [0.2, 0.25) is 5.91 Å². The Morgan fingerprint density at radius 2 is 2.19 bits per heavy atom. The maximum Gasteiger partial charge on any atom is 0.254 e. The molecule has 0 saturated heterocycles. The molecule has 6 heteroatoms. The van der Waals surface area contributed by atoms with E-state index in [2.05, 4.69) is 10.3 Å². The molecule has 2 heterocycles. The molecule has 0 saturated carbocycles. The maximum atomic E-state index is 12.3. The summed E-state index contributed by atoms with van der Waals surface area (Å²) in [5.74, 6) is -0.261. The Bertz CT molecular complexity index is 853. The van der Waals surface area contributed by atoms with Crippen molar-refractivity contribution in [3.05, 3.63) is 57.8 Å². The highest BCUT2D eigenvalue weighted by molar-refractivity contribution is 7.13. The van der Waals surface area contributed by atoms with Crippen molar-refractivity contribution in [2.24, 2.45) is 0 Å². The molecule has 0 fully saturated rings. The van der Waals surface area contributed by atoms with E-state index in [1.807, 2.05) is 30.3 Å². The third-order valence-corrected chi connectivity index (χ3v) is 3.85. The second-order valence-electron chi connectivity index (χ2n) is 4.66. The van der Waals surface area contributed by atoms with Gasteiger partial charge in [-0.15, -0.1) is 11.3 Å². The number of carbonyl (C=O) groups excluding carboxylic acids is 1. The van der Waals surface area contributed by atoms with Gasteiger partial charge < -0.3 is 5.32 Å². The van der Waals surface area contributed by atoms with Crippen LogP contribution in [0.1, 0.15) is 5.56 Å². The van der Waals surface area contributed by atoms with E-state index in [0.717, 1.165) is 10.9 Å². The van der Waals surface area contributed by atoms with Crippen LogP contribution in [-0.4, -0.2) is 15.5 Å². The average molecular weight is 299 g/mol. The summed E-state index contributed by atoms with van der Waals surface area (Å²) >= 11 is 1.34. The normalized spacial score (nSPS) is 10.7. The van der Waals surface area contributed by atoms with Crippen LogP contribution in [0.25, 0.3) is 10.9 Å². The van der Waals surface area contributed by atoms with Crippen molar-refractivity contribution in [3.63, 3.8) is 0 Å². The van der Waals surface area contributed by atoms with Gasteiger partial charge >= 0.3 is 0 Å². The van der Waals surface area contributed by atoms with E-state index in [9.17, 15) is 9.59 Å². The number of fused-ring (bicyclic) bond motifs is 1. The fraction of sp³-hybridized carbons (Fsp3) is 0.133. The van der Waals surface area contributed by atoms with Gasteiger partial charge in [0.05, 0.1) is 5.52 Å². The third-order valence-electron chi connectivity index (χ3n) is 3.16. The first-order chi connectivity index (χ1) is 10.1. The minimum absolute atomic E-state index is 0.0272. The lowest BCUT2D eigenvalue weighted by Gasteiger charge is -2.11. The number of nitrogens with zero attached hydrogens (tertiary/aromatic N) is 2. The molecule has 2 aromatic heterocycles. The molecule has 1 amide bonds. The lowest BCUT2D eigenvalue weighted by molar-refractivity contribution is -0.116. The number of benzene rings is 1. The molecule has 1 aromatic carbocycles. The van der Waals surface area contributed by atoms with Crippen LogP contribution >= 0.6 is 11.3 Å². The highest BCUT2D eigenvalue weighted by atomic mass is 32.1. The Morgan fingerprint density at radius 1 is 1.38 bits per heavy atom. The van der Waals surface area contributed by atoms with Crippen LogP contribution in [0.5, 0.6) is 0 Å². The van der Waals surface area contributed by atoms with Crippen LogP contribution in [0.15, 0.2) is 46.7 Å². The molecule has 0 aliphatic heterocycles. The summed E-state index contributed by atoms with van der Waals surface area (Å²) in [7, 11) is 0. The molecule has 0 atom stereocenters. The molecule has 0 bridgehead atoms. The number of para-hydroxylation sites is 1. The monoisotopic (exact) mass is 299 g/mol. The molecule has 3 aromatic rings. The average Bonchev–Trinajstić information content (AvgIpc) is 2.96. The van der Waals surface area contributed by atoms with Crippen LogP contribution in [0.3, 0.4) is 0 Å². The minimum atomic E-state index is -0.261. The molecule has 3 rings (SSSR count). The Labute approximate surface area is 124 Å². The standard InChI is InChI=1S/C15H13N3O2S/c1-10-8-11-4-2-3-5-12(11)18(14(10)20)9-13(19)17-15-16-6-7-21-15/h2-8H,9H2,1H3,(H,16,17,19). The summed E-state index contributed by atoms with van der Waals surface area (Å²) in [6.07, 6.45) is 1.62. The number of amides is 1. The number of hydrogen-bond acceptors (Lipinski definition) is 4. The van der Waals surface area contributed by atoms with E-state index < -0.39 is 0 Å². The summed E-state index contributed by atoms with van der Waals surface area (Å²) in [5, 5.41) is 5.95. The largest absolute Gasteiger partial charge is 0.300 e. The third kappa shape index (κ3) is 2.71. The topological polar surface area (TPSA) is 64.0 Å². The molecule has 0 radical (unpaired) electrons. The van der Waals surface area contributed by atoms with Gasteiger partial charge in [0.15, 0.2) is 5.13 Å². The van der Waals surface area contributed by atoms with Gasteiger partial charge in [-0.3, -0.25) is 14.2 Å². The fourth-order valence-electron chi connectivity index (χ4n) is 2.22. The summed E-state index contributed by atoms with van der Waals surface area (Å²) in [5.41, 5.74) is 1.22. The molecule has 1 N–H and O–H groups in total. The fourth-order valence-corrected chi connectivity index (χ4v) is 2.76. The first kappa shape index (κ1) is 13.5. The Morgan fingerprint density at radius 3 is 2.95 bits per heavy atom. The predicted molar refractivity (Wildman–Crippen MR) is 83.7 cm³/mol. The summed E-state index contributed by atoms with van der Waals surface area (Å²) in [4.78, 5) is 28.4. The van der Waals surface area contributed by atoms with Crippen LogP contribution in [0.4, 0.5) is 5.13 Å². The zero-order valence-corrected chi connectivity index (χ0v) is 12.2. The smallest absolute Gasteiger partial charge is 0.254 e. The molecular formula is C15H13N3O2S. The van der Waals surface area contributed by atoms with Crippen LogP contribution in [0, 0.1) is 6.92 Å². The zero-order valence-electron chi connectivity index (χ0n) is 11.4. The van der Waals surface area contributed by atoms with Gasteiger partial charge in [-0.1, -0.05) is 18.2 Å². The van der Waals surface area contributed by atoms with Crippen molar-refractivity contribution < 1.29 is 4.79 Å². The van der Waals surface area contributed by atoms with E-state index in [1.165, 1.54) is 15.9 Å². The summed E-state index contributed by atoms with van der Waals surface area (Å²) in [6.45, 7) is 1.73. The van der Waals surface area contributed by atoms with E-state index in [-0.39, 0.29) is 18.0 Å². The van der Waals surface area contributed by atoms with Gasteiger partial charge in [0.1, 0.15) is 6.54 Å². The zero-order chi connectivity index (χ0) is 14.8. The quantitative estimate of drug-likeness (QED) is 0.807. The maximum absolute atomic E-state index is 12.3. The molecule has 106 valence electrons. The van der Waals surface area contributed by atoms with Gasteiger partial charge in [-0.2, -0.15) is 0 Å². The Hall–Kier alpha value is -2.47. The van der Waals surface area contributed by atoms with Crippen molar-refractivity contribution >= 4 is 33.3 Å². The van der Waals surface area contributed by atoms with Crippen molar-refractivity contribution in [1.29, 1.82) is 0 Å². The molecular weight excluding hydrogens is 286 g/mol. The minimum Gasteiger partial charge on any atom is -0.300 e. The van der Waals surface area contributed by atoms with Gasteiger partial charge in [0.25, 0.3) is 5.56 Å². The van der Waals surface area contributed by atoms with Crippen molar-refractivity contribution in [2.45, 2.75) is 13.5 Å². The number of pyridine rings is 1. The van der Waals surface area contributed by atoms with Crippen LogP contribution < -0.4 is 10.9 Å². The highest BCUT2D eigenvalue weighted by Crippen LogP contribution is 2.14. The number of nitrogens with one attached hydrogen (secondary N) is 1. The van der Waals surface area contributed by atoms with Gasteiger partial charge in [-0.25, -0.2) is 4.98 Å². The number of thiazole rings is 1. The molecule has 0 aliphatic carbocycles. The SMILES string of the molecule is Cc1cc2ccccc2n(CC(=O)Nc2nccs2)c1=O. The molecule has 5 nitrogen and oxygen atoms in total. The van der Waals surface area contributed by atoms with E-state index >= 15 is 0 Å². The lowest BCUT2D eigenvalue weighted by Crippen LogP contribution is -2.29. The second kappa shape index (κ2) is 5.49. The van der Waals surface area contributed by atoms with Gasteiger partial charge in [-0.05, 0) is 24.4 Å². The number of aryl methyl sites for hydroxylation is 1. The van der Waals surface area contributed by atoms with Crippen LogP contribution in [-0.2, 0) is 11.3 Å². The molecule has 0 unspecified atom stereocenters. The van der Waals surface area contributed by atoms with Gasteiger partial charge in [0, 0.05) is 17.1 Å². The second-order valence-corrected chi connectivity index (χ2v) is 5.56. The Balaban J connectivity index is 1.98. The lowest BCUT2D eigenvalue weighted by atomic mass is 10.1. The predicted octanol–water partition coefficient (Wildman–Crippen LogP) is 2.41. The van der Waals surface area contributed by atoms with Crippen molar-refractivity contribution in [2.75, 3.05) is 5.32 Å². The van der Waals surface area contributed by atoms with E-state index in [0.29, 0.717) is 10.7 Å². The number of hydrogen-bond donors (Lipinski definition) is 1. The van der Waals surface area contributed by atoms with Crippen molar-refractivity contribution in [1.82, 2.24) is 9.55 Å². The van der Waals surface area contributed by atoms with E-state index in [1.54, 1.807) is 18.5 Å². The number of anilines is 1. The first-order valence-electron chi connectivity index (χ1n) is 6.43. The first-order valence-corrected chi connectivity index (χ1v) is 7.31. The summed E-state index contributed by atoms with van der Waals surface area (Å²) < 4.78 is 1.49. The van der Waals surface area contributed by atoms with Crippen LogP contribution in [0.2, 0.25) is 0 Å². The van der Waals surface area contributed by atoms with E-state index in [4.69, 9.17) is 0 Å². The van der Waals surface area contributed by atoms with Crippen molar-refractivity contribution in [3.8, 4) is 0 Å². The Kier molecular flexibility index (Phi) is 3.53. The molecule has 0 aliphatic rings. The molecule has 0 spiro atoms. The highest BCUT2D eigenvalue weighted by Gasteiger charge is 2.11. The number of rotatable bonds is 3. The number of aromatic nitrogens is 2. The summed E-state index contributed by atoms with van der Waals surface area (Å²) in [6, 6.07) is 9.37.